The molecule has 1 aromatic carbocycles. The Labute approximate surface area is 164 Å². The molecular weight excluding hydrogens is 364 g/mol. The molecule has 1 aromatic rings. The smallest absolute Gasteiger partial charge is 0.267 e. The number of carbonyl (C=O) groups is 2. The highest BCUT2D eigenvalue weighted by Crippen LogP contribution is 2.36. The van der Waals surface area contributed by atoms with E-state index in [-0.39, 0.29) is 11.8 Å². The molecular formula is C20H26N2O4S. The number of methoxy groups -OCH3 is 1. The van der Waals surface area contributed by atoms with Crippen molar-refractivity contribution >= 4 is 29.1 Å². The van der Waals surface area contributed by atoms with E-state index < -0.39 is 0 Å². The quantitative estimate of drug-likeness (QED) is 0.635. The van der Waals surface area contributed by atoms with Gasteiger partial charge in [-0.3, -0.25) is 19.4 Å². The van der Waals surface area contributed by atoms with E-state index in [1.54, 1.807) is 7.11 Å². The number of imide groups is 1. The van der Waals surface area contributed by atoms with Gasteiger partial charge in [0.2, 0.25) is 0 Å². The Bertz CT molecular complexity index is 711. The summed E-state index contributed by atoms with van der Waals surface area (Å²) < 4.78 is 10.5. The van der Waals surface area contributed by atoms with Crippen LogP contribution in [0.25, 0.3) is 5.57 Å². The minimum atomic E-state index is -0.192. The van der Waals surface area contributed by atoms with Crippen LogP contribution in [-0.4, -0.2) is 73.9 Å². The Morgan fingerprint density at radius 2 is 1.78 bits per heavy atom. The van der Waals surface area contributed by atoms with E-state index in [2.05, 4.69) is 4.90 Å². The fourth-order valence-electron chi connectivity index (χ4n) is 3.32. The minimum Gasteiger partial charge on any atom is -0.497 e. The lowest BCUT2D eigenvalue weighted by Gasteiger charge is -2.27. The number of carbonyl (C=O) groups excluding carboxylic acids is 2. The predicted octanol–water partition coefficient (Wildman–Crippen LogP) is 2.25. The maximum atomic E-state index is 13.0. The summed E-state index contributed by atoms with van der Waals surface area (Å²) in [5, 5.41) is 0. The van der Waals surface area contributed by atoms with Crippen molar-refractivity contribution in [2.75, 3.05) is 52.3 Å². The number of ether oxygens (including phenoxy) is 2. The molecule has 0 bridgehead atoms. The first kappa shape index (κ1) is 19.9. The molecule has 1 fully saturated rings. The molecule has 0 aliphatic carbocycles. The first-order chi connectivity index (χ1) is 13.2. The molecule has 0 spiro atoms. The lowest BCUT2D eigenvalue weighted by Crippen LogP contribution is -2.39. The monoisotopic (exact) mass is 390 g/mol. The Balaban J connectivity index is 1.71. The molecule has 2 heterocycles. The summed E-state index contributed by atoms with van der Waals surface area (Å²) in [7, 11) is 1.60. The van der Waals surface area contributed by atoms with Gasteiger partial charge in [0.15, 0.2) is 0 Å². The number of morpholine rings is 1. The molecule has 146 valence electrons. The number of hydrogen-bond donors (Lipinski definition) is 0. The van der Waals surface area contributed by atoms with E-state index in [0.29, 0.717) is 17.0 Å². The van der Waals surface area contributed by atoms with E-state index in [0.717, 1.165) is 56.3 Å². The largest absolute Gasteiger partial charge is 0.497 e. The second-order valence-corrected chi connectivity index (χ2v) is 7.71. The van der Waals surface area contributed by atoms with Crippen molar-refractivity contribution in [1.29, 1.82) is 0 Å². The highest BCUT2D eigenvalue weighted by atomic mass is 32.2. The zero-order chi connectivity index (χ0) is 19.2. The van der Waals surface area contributed by atoms with Gasteiger partial charge in [0.1, 0.15) is 5.75 Å². The predicted molar refractivity (Wildman–Crippen MR) is 107 cm³/mol. The first-order valence-electron chi connectivity index (χ1n) is 9.33. The van der Waals surface area contributed by atoms with Gasteiger partial charge in [-0.05, 0) is 29.9 Å². The minimum absolute atomic E-state index is 0.167. The number of benzene rings is 1. The van der Waals surface area contributed by atoms with Gasteiger partial charge in [-0.1, -0.05) is 19.1 Å². The van der Waals surface area contributed by atoms with Gasteiger partial charge in [-0.25, -0.2) is 0 Å². The van der Waals surface area contributed by atoms with Crippen molar-refractivity contribution in [3.05, 3.63) is 34.7 Å². The topological polar surface area (TPSA) is 59.1 Å². The van der Waals surface area contributed by atoms with Crippen molar-refractivity contribution in [2.24, 2.45) is 0 Å². The van der Waals surface area contributed by atoms with Crippen LogP contribution in [0.3, 0.4) is 0 Å². The highest BCUT2D eigenvalue weighted by Gasteiger charge is 2.38. The van der Waals surface area contributed by atoms with Crippen LogP contribution in [0.15, 0.2) is 29.2 Å². The summed E-state index contributed by atoms with van der Waals surface area (Å²) in [5.41, 5.74) is 1.28. The van der Waals surface area contributed by atoms with Gasteiger partial charge >= 0.3 is 0 Å². The lowest BCUT2D eigenvalue weighted by molar-refractivity contribution is -0.136. The molecule has 0 N–H and O–H groups in total. The molecule has 7 heteroatoms. The summed E-state index contributed by atoms with van der Waals surface area (Å²) in [6, 6.07) is 7.31. The highest BCUT2D eigenvalue weighted by molar-refractivity contribution is 8.04. The van der Waals surface area contributed by atoms with Crippen LogP contribution in [-0.2, 0) is 14.3 Å². The number of amides is 2. The fourth-order valence-corrected chi connectivity index (χ4v) is 4.20. The Hall–Kier alpha value is -1.83. The number of thioether (sulfide) groups is 1. The van der Waals surface area contributed by atoms with Crippen LogP contribution in [0.5, 0.6) is 5.75 Å². The van der Waals surface area contributed by atoms with Gasteiger partial charge in [0.05, 0.1) is 30.8 Å². The van der Waals surface area contributed by atoms with Crippen molar-refractivity contribution in [1.82, 2.24) is 9.80 Å². The number of nitrogens with zero attached hydrogens (tertiary/aromatic N) is 2. The van der Waals surface area contributed by atoms with Gasteiger partial charge < -0.3 is 9.47 Å². The molecule has 0 atom stereocenters. The molecule has 3 rings (SSSR count). The van der Waals surface area contributed by atoms with Crippen molar-refractivity contribution < 1.29 is 19.1 Å². The van der Waals surface area contributed by atoms with Crippen LogP contribution >= 0.6 is 11.8 Å². The molecule has 1 saturated heterocycles. The number of hydrogen-bond acceptors (Lipinski definition) is 6. The second-order valence-electron chi connectivity index (χ2n) is 6.44. The fraction of sp³-hybridized carbons (Fsp3) is 0.500. The van der Waals surface area contributed by atoms with Gasteiger partial charge in [-0.15, -0.1) is 11.8 Å². The SMILES string of the molecule is CCSC1=C(c2ccc(OC)cc2)C(=O)N(CCCN2CCOCC2)C1=O. The molecule has 27 heavy (non-hydrogen) atoms. The molecule has 2 amide bonds. The van der Waals surface area contributed by atoms with E-state index in [1.165, 1.54) is 16.7 Å². The van der Waals surface area contributed by atoms with Crippen molar-refractivity contribution in [3.8, 4) is 5.75 Å². The normalized spacial score (nSPS) is 18.5. The Morgan fingerprint density at radius 1 is 1.07 bits per heavy atom. The molecule has 0 unspecified atom stereocenters. The summed E-state index contributed by atoms with van der Waals surface area (Å²) >= 11 is 1.44. The van der Waals surface area contributed by atoms with E-state index in [1.807, 2.05) is 31.2 Å². The summed E-state index contributed by atoms with van der Waals surface area (Å²) in [6.45, 7) is 6.63. The third kappa shape index (κ3) is 4.54. The van der Waals surface area contributed by atoms with Crippen LogP contribution in [0.2, 0.25) is 0 Å². The molecule has 2 aliphatic rings. The average Bonchev–Trinajstić information content (AvgIpc) is 2.93. The molecule has 2 aliphatic heterocycles. The van der Waals surface area contributed by atoms with E-state index in [9.17, 15) is 9.59 Å². The first-order valence-corrected chi connectivity index (χ1v) is 10.3. The maximum absolute atomic E-state index is 13.0. The molecule has 0 saturated carbocycles. The van der Waals surface area contributed by atoms with Gasteiger partial charge in [0, 0.05) is 26.2 Å². The Kier molecular flexibility index (Phi) is 6.93. The van der Waals surface area contributed by atoms with Crippen LogP contribution < -0.4 is 4.74 Å². The number of rotatable bonds is 8. The van der Waals surface area contributed by atoms with Gasteiger partial charge in [0.25, 0.3) is 11.8 Å². The lowest BCUT2D eigenvalue weighted by atomic mass is 10.1. The summed E-state index contributed by atoms with van der Waals surface area (Å²) in [6.07, 6.45) is 0.775. The maximum Gasteiger partial charge on any atom is 0.267 e. The summed E-state index contributed by atoms with van der Waals surface area (Å²) in [4.78, 5) is 30.1. The van der Waals surface area contributed by atoms with Crippen LogP contribution in [0.4, 0.5) is 0 Å². The van der Waals surface area contributed by atoms with Gasteiger partial charge in [-0.2, -0.15) is 0 Å². The molecule has 0 aromatic heterocycles. The average molecular weight is 391 g/mol. The van der Waals surface area contributed by atoms with Crippen molar-refractivity contribution in [3.63, 3.8) is 0 Å². The third-order valence-corrected chi connectivity index (χ3v) is 5.71. The standard InChI is InChI=1S/C20H26N2O4S/c1-3-27-18-17(15-5-7-16(25-2)8-6-15)19(23)22(20(18)24)10-4-9-21-11-13-26-14-12-21/h5-8H,3-4,9-14H2,1-2H3. The zero-order valence-electron chi connectivity index (χ0n) is 15.9. The van der Waals surface area contributed by atoms with Crippen molar-refractivity contribution in [2.45, 2.75) is 13.3 Å². The van der Waals surface area contributed by atoms with Crippen LogP contribution in [0, 0.1) is 0 Å². The second kappa shape index (κ2) is 9.39. The summed E-state index contributed by atoms with van der Waals surface area (Å²) in [5.74, 6) is 1.11. The Morgan fingerprint density at radius 3 is 2.41 bits per heavy atom. The van der Waals surface area contributed by atoms with E-state index >= 15 is 0 Å². The van der Waals surface area contributed by atoms with Crippen LogP contribution in [0.1, 0.15) is 18.9 Å². The molecule has 6 nitrogen and oxygen atoms in total. The third-order valence-electron chi connectivity index (χ3n) is 4.75. The molecule has 0 radical (unpaired) electrons. The van der Waals surface area contributed by atoms with E-state index in [4.69, 9.17) is 9.47 Å². The zero-order valence-corrected chi connectivity index (χ0v) is 16.7.